The predicted octanol–water partition coefficient (Wildman–Crippen LogP) is 3.11. The number of nitrogens with two attached hydrogens (primary N) is 1. The molecule has 0 aliphatic carbocycles. The van der Waals surface area contributed by atoms with Crippen LogP contribution in [-0.2, 0) is 9.47 Å². The van der Waals surface area contributed by atoms with Gasteiger partial charge in [0.05, 0.1) is 0 Å². The number of ether oxygens (including phenoxy) is 2. The Kier molecular flexibility index (Phi) is 6.41. The van der Waals surface area contributed by atoms with Gasteiger partial charge in [0.1, 0.15) is 28.4 Å². The summed E-state index contributed by atoms with van der Waals surface area (Å²) in [5.41, 5.74) is 5.12. The summed E-state index contributed by atoms with van der Waals surface area (Å²) in [6.07, 6.45) is 1.34. The number of hydrogen-bond donors (Lipinski definition) is 2. The fourth-order valence-electron chi connectivity index (χ4n) is 2.92. The number of esters is 1. The Morgan fingerprint density at radius 1 is 1.14 bits per heavy atom. The molecule has 1 atom stereocenters. The van der Waals surface area contributed by atoms with Gasteiger partial charge in [0.25, 0.3) is 0 Å². The van der Waals surface area contributed by atoms with E-state index in [0.717, 1.165) is 19.4 Å². The van der Waals surface area contributed by atoms with Gasteiger partial charge in [-0.15, -0.1) is 0 Å². The number of amides is 1. The Hall–Kier alpha value is -2.51. The number of hydrogen-bond acceptors (Lipinski definition) is 7. The van der Waals surface area contributed by atoms with Gasteiger partial charge in [-0.05, 0) is 66.5 Å². The Morgan fingerprint density at radius 3 is 2.36 bits per heavy atom. The van der Waals surface area contributed by atoms with Crippen LogP contribution in [0.1, 0.15) is 64.7 Å². The maximum atomic E-state index is 12.2. The van der Waals surface area contributed by atoms with Crippen LogP contribution in [0.3, 0.4) is 0 Å². The van der Waals surface area contributed by atoms with E-state index in [-0.39, 0.29) is 17.4 Å². The van der Waals surface area contributed by atoms with Gasteiger partial charge in [-0.25, -0.2) is 14.6 Å². The Bertz CT molecular complexity index is 722. The number of carbonyl (C=O) groups excluding carboxylic acids is 2. The number of piperidine rings is 1. The topological polar surface area (TPSA) is 107 Å². The van der Waals surface area contributed by atoms with Gasteiger partial charge in [-0.2, -0.15) is 0 Å². The first-order valence-corrected chi connectivity index (χ1v) is 9.58. The molecule has 28 heavy (non-hydrogen) atoms. The minimum absolute atomic E-state index is 0.0443. The molecule has 3 N–H and O–H groups in total. The molecule has 1 aromatic heterocycles. The molecule has 1 amide bonds. The first-order chi connectivity index (χ1) is 12.8. The molecule has 8 heteroatoms. The lowest BCUT2D eigenvalue weighted by Crippen LogP contribution is -2.49. The average molecular weight is 393 g/mol. The predicted molar refractivity (Wildman–Crippen MR) is 108 cm³/mol. The van der Waals surface area contributed by atoms with Gasteiger partial charge >= 0.3 is 12.1 Å². The Labute approximate surface area is 166 Å². The second-order valence-corrected chi connectivity index (χ2v) is 9.04. The molecule has 1 aliphatic rings. The molecule has 1 aliphatic heterocycles. The highest BCUT2D eigenvalue weighted by molar-refractivity contribution is 5.94. The monoisotopic (exact) mass is 392 g/mol. The number of anilines is 2. The molecule has 156 valence electrons. The SMILES string of the molecule is CC(C)(C)OC(=O)NC1CCCN(c2ccc(C(=O)OC(C)(C)C)c(N)n2)C1. The summed E-state index contributed by atoms with van der Waals surface area (Å²) < 4.78 is 10.7. The second-order valence-electron chi connectivity index (χ2n) is 9.04. The fourth-order valence-corrected chi connectivity index (χ4v) is 2.92. The number of nitrogen functional groups attached to an aromatic ring is 1. The van der Waals surface area contributed by atoms with Crippen molar-refractivity contribution in [1.82, 2.24) is 10.3 Å². The summed E-state index contributed by atoms with van der Waals surface area (Å²) in [5.74, 6) is 0.307. The van der Waals surface area contributed by atoms with Crippen molar-refractivity contribution in [1.29, 1.82) is 0 Å². The van der Waals surface area contributed by atoms with Crippen LogP contribution in [0.5, 0.6) is 0 Å². The maximum Gasteiger partial charge on any atom is 0.407 e. The number of rotatable bonds is 3. The highest BCUT2D eigenvalue weighted by Crippen LogP contribution is 2.23. The third-order valence-corrected chi connectivity index (χ3v) is 4.00. The normalized spacial score (nSPS) is 17.8. The maximum absolute atomic E-state index is 12.2. The molecule has 0 aromatic carbocycles. The molecule has 1 aromatic rings. The van der Waals surface area contributed by atoms with Crippen molar-refractivity contribution in [3.63, 3.8) is 0 Å². The van der Waals surface area contributed by atoms with Crippen molar-refractivity contribution in [2.24, 2.45) is 0 Å². The van der Waals surface area contributed by atoms with Crippen LogP contribution in [0, 0.1) is 0 Å². The van der Waals surface area contributed by atoms with E-state index in [9.17, 15) is 9.59 Å². The largest absolute Gasteiger partial charge is 0.456 e. The molecule has 0 radical (unpaired) electrons. The van der Waals surface area contributed by atoms with E-state index in [4.69, 9.17) is 15.2 Å². The van der Waals surface area contributed by atoms with E-state index in [1.165, 1.54) is 0 Å². The number of nitrogens with one attached hydrogen (secondary N) is 1. The van der Waals surface area contributed by atoms with Crippen LogP contribution < -0.4 is 16.0 Å². The number of aromatic nitrogens is 1. The van der Waals surface area contributed by atoms with E-state index in [1.54, 1.807) is 32.9 Å². The van der Waals surface area contributed by atoms with E-state index >= 15 is 0 Å². The molecule has 1 fully saturated rings. The molecule has 2 rings (SSSR count). The third kappa shape index (κ3) is 6.58. The zero-order valence-electron chi connectivity index (χ0n) is 17.7. The smallest absolute Gasteiger partial charge is 0.407 e. The lowest BCUT2D eigenvalue weighted by atomic mass is 10.1. The first-order valence-electron chi connectivity index (χ1n) is 9.58. The summed E-state index contributed by atoms with van der Waals surface area (Å²) in [6.45, 7) is 12.3. The van der Waals surface area contributed by atoms with E-state index in [1.807, 2.05) is 25.7 Å². The molecule has 2 heterocycles. The molecular weight excluding hydrogens is 360 g/mol. The van der Waals surface area contributed by atoms with E-state index < -0.39 is 23.3 Å². The van der Waals surface area contributed by atoms with Crippen molar-refractivity contribution >= 4 is 23.7 Å². The van der Waals surface area contributed by atoms with Crippen molar-refractivity contribution in [2.45, 2.75) is 71.6 Å². The summed E-state index contributed by atoms with van der Waals surface area (Å²) in [5, 5.41) is 2.91. The molecule has 0 bridgehead atoms. The Morgan fingerprint density at radius 2 is 1.79 bits per heavy atom. The number of carbonyl (C=O) groups is 2. The average Bonchev–Trinajstić information content (AvgIpc) is 2.51. The van der Waals surface area contributed by atoms with E-state index in [2.05, 4.69) is 10.3 Å². The molecule has 0 spiro atoms. The lowest BCUT2D eigenvalue weighted by molar-refractivity contribution is 0.00701. The van der Waals surface area contributed by atoms with Crippen molar-refractivity contribution in [3.05, 3.63) is 17.7 Å². The van der Waals surface area contributed by atoms with Crippen molar-refractivity contribution < 1.29 is 19.1 Å². The standard InChI is InChI=1S/C20H32N4O4/c1-19(2,3)27-17(25)14-9-10-15(23-16(14)21)24-11-7-8-13(12-24)22-18(26)28-20(4,5)6/h9-10,13H,7-8,11-12H2,1-6H3,(H2,21,23)(H,22,26). The van der Waals surface area contributed by atoms with Crippen LogP contribution in [0.25, 0.3) is 0 Å². The van der Waals surface area contributed by atoms with Crippen LogP contribution in [-0.4, -0.2) is 47.4 Å². The highest BCUT2D eigenvalue weighted by atomic mass is 16.6. The molecular formula is C20H32N4O4. The van der Waals surface area contributed by atoms with Crippen LogP contribution >= 0.6 is 0 Å². The summed E-state index contributed by atoms with van der Waals surface area (Å²) >= 11 is 0. The first kappa shape index (κ1) is 21.8. The van der Waals surface area contributed by atoms with Gasteiger partial charge in [0.2, 0.25) is 0 Å². The highest BCUT2D eigenvalue weighted by Gasteiger charge is 2.26. The van der Waals surface area contributed by atoms with E-state index in [0.29, 0.717) is 12.4 Å². The van der Waals surface area contributed by atoms with Gasteiger partial charge in [0.15, 0.2) is 0 Å². The van der Waals surface area contributed by atoms with Gasteiger partial charge in [-0.3, -0.25) is 0 Å². The molecule has 8 nitrogen and oxygen atoms in total. The number of nitrogens with zero attached hydrogens (tertiary/aromatic N) is 2. The summed E-state index contributed by atoms with van der Waals surface area (Å²) in [6, 6.07) is 3.35. The van der Waals surface area contributed by atoms with Gasteiger partial charge in [-0.1, -0.05) is 0 Å². The van der Waals surface area contributed by atoms with Crippen LogP contribution in [0.4, 0.5) is 16.4 Å². The van der Waals surface area contributed by atoms with Gasteiger partial charge < -0.3 is 25.4 Å². The quantitative estimate of drug-likeness (QED) is 0.761. The molecule has 1 saturated heterocycles. The van der Waals surface area contributed by atoms with Crippen molar-refractivity contribution in [3.8, 4) is 0 Å². The number of alkyl carbamates (subject to hydrolysis) is 1. The van der Waals surface area contributed by atoms with Crippen LogP contribution in [0.15, 0.2) is 12.1 Å². The summed E-state index contributed by atoms with van der Waals surface area (Å²) in [7, 11) is 0. The zero-order chi connectivity index (χ0) is 21.1. The summed E-state index contributed by atoms with van der Waals surface area (Å²) in [4.78, 5) is 30.7. The lowest BCUT2D eigenvalue weighted by Gasteiger charge is -2.34. The van der Waals surface area contributed by atoms with Gasteiger partial charge in [0, 0.05) is 19.1 Å². The molecule has 1 unspecified atom stereocenters. The third-order valence-electron chi connectivity index (χ3n) is 4.00. The minimum Gasteiger partial charge on any atom is -0.456 e. The number of pyridine rings is 1. The fraction of sp³-hybridized carbons (Fsp3) is 0.650. The zero-order valence-corrected chi connectivity index (χ0v) is 17.7. The van der Waals surface area contributed by atoms with Crippen LogP contribution in [0.2, 0.25) is 0 Å². The minimum atomic E-state index is -0.602. The van der Waals surface area contributed by atoms with Crippen molar-refractivity contribution in [2.75, 3.05) is 23.7 Å². The second kappa shape index (κ2) is 8.24. The molecule has 0 saturated carbocycles. The Balaban J connectivity index is 2.04.